The van der Waals surface area contributed by atoms with Crippen LogP contribution in [0.25, 0.3) is 0 Å². The van der Waals surface area contributed by atoms with Gasteiger partial charge in [-0.3, -0.25) is 9.59 Å². The van der Waals surface area contributed by atoms with Crippen LogP contribution in [0.2, 0.25) is 0 Å². The highest BCUT2D eigenvalue weighted by molar-refractivity contribution is 7.90. The number of carbonyl (C=O) groups is 2. The molecule has 0 atom stereocenters. The Morgan fingerprint density at radius 2 is 1.89 bits per heavy atom. The molecule has 27 heavy (non-hydrogen) atoms. The first-order chi connectivity index (χ1) is 12.5. The predicted molar refractivity (Wildman–Crippen MR) is 104 cm³/mol. The number of thiazole rings is 1. The van der Waals surface area contributed by atoms with Crippen LogP contribution in [0.5, 0.6) is 0 Å². The Kier molecular flexibility index (Phi) is 6.98. The summed E-state index contributed by atoms with van der Waals surface area (Å²) < 4.78 is 31.0. The number of amides is 1. The van der Waals surface area contributed by atoms with E-state index in [1.807, 2.05) is 0 Å². The van der Waals surface area contributed by atoms with Gasteiger partial charge >= 0.3 is 5.97 Å². The van der Waals surface area contributed by atoms with Crippen LogP contribution in [-0.2, 0) is 30.8 Å². The molecule has 0 unspecified atom stereocenters. The van der Waals surface area contributed by atoms with Crippen molar-refractivity contribution in [3.63, 3.8) is 0 Å². The van der Waals surface area contributed by atoms with Crippen molar-refractivity contribution in [1.82, 2.24) is 9.71 Å². The van der Waals surface area contributed by atoms with Crippen LogP contribution in [0.3, 0.4) is 0 Å². The van der Waals surface area contributed by atoms with Gasteiger partial charge in [-0.2, -0.15) is 0 Å². The van der Waals surface area contributed by atoms with Crippen LogP contribution < -0.4 is 10.0 Å². The molecule has 0 spiro atoms. The number of rotatable bonds is 6. The molecule has 0 radical (unpaired) electrons. The minimum absolute atomic E-state index is 0.0713. The lowest BCUT2D eigenvalue weighted by Gasteiger charge is -2.30. The Hall–Kier alpha value is -1.52. The molecule has 152 valence electrons. The average Bonchev–Trinajstić information content (AvgIpc) is 3.00. The van der Waals surface area contributed by atoms with Gasteiger partial charge in [0, 0.05) is 17.3 Å². The second kappa shape index (κ2) is 8.66. The van der Waals surface area contributed by atoms with Crippen LogP contribution in [0, 0.1) is 5.92 Å². The van der Waals surface area contributed by atoms with E-state index >= 15 is 0 Å². The third kappa shape index (κ3) is 5.98. The second-order valence-corrected chi connectivity index (χ2v) is 11.0. The molecule has 2 rings (SSSR count). The van der Waals surface area contributed by atoms with Crippen molar-refractivity contribution in [3.05, 3.63) is 11.1 Å². The van der Waals surface area contributed by atoms with E-state index in [9.17, 15) is 18.0 Å². The van der Waals surface area contributed by atoms with Gasteiger partial charge in [0.2, 0.25) is 15.9 Å². The number of nitrogens with one attached hydrogen (secondary N) is 2. The zero-order chi connectivity index (χ0) is 20.2. The van der Waals surface area contributed by atoms with Gasteiger partial charge < -0.3 is 10.1 Å². The molecule has 0 saturated heterocycles. The number of hydrogen-bond acceptors (Lipinski definition) is 7. The molecule has 0 bridgehead atoms. The van der Waals surface area contributed by atoms with Gasteiger partial charge in [-0.15, -0.1) is 11.3 Å². The van der Waals surface area contributed by atoms with Crippen molar-refractivity contribution in [3.8, 4) is 0 Å². The normalized spacial score (nSPS) is 20.9. The zero-order valence-electron chi connectivity index (χ0n) is 16.1. The molecule has 1 amide bonds. The van der Waals surface area contributed by atoms with E-state index in [1.165, 1.54) is 18.4 Å². The second-order valence-electron chi connectivity index (χ2n) is 7.67. The number of hydrogen-bond donors (Lipinski definition) is 2. The smallest absolute Gasteiger partial charge is 0.311 e. The Morgan fingerprint density at radius 1 is 1.26 bits per heavy atom. The number of carbonyl (C=O) groups excluding carboxylic acids is 2. The summed E-state index contributed by atoms with van der Waals surface area (Å²) in [5.41, 5.74) is 0.558. The number of esters is 1. The number of methoxy groups -OCH3 is 1. The first-order valence-electron chi connectivity index (χ1n) is 8.86. The topological polar surface area (TPSA) is 114 Å². The Labute approximate surface area is 164 Å². The zero-order valence-corrected chi connectivity index (χ0v) is 17.7. The molecule has 0 aliphatic heterocycles. The lowest BCUT2D eigenvalue weighted by molar-refractivity contribution is -0.139. The maximum Gasteiger partial charge on any atom is 0.311 e. The Bertz CT molecular complexity index is 775. The summed E-state index contributed by atoms with van der Waals surface area (Å²) in [7, 11) is -2.07. The number of aromatic nitrogens is 1. The molecule has 2 N–H and O–H groups in total. The largest absolute Gasteiger partial charge is 0.469 e. The molecular weight excluding hydrogens is 390 g/mol. The van der Waals surface area contributed by atoms with Crippen molar-refractivity contribution in [2.45, 2.75) is 63.7 Å². The molecule has 10 heteroatoms. The van der Waals surface area contributed by atoms with E-state index in [1.54, 1.807) is 26.2 Å². The van der Waals surface area contributed by atoms with Crippen LogP contribution in [0.15, 0.2) is 5.38 Å². The van der Waals surface area contributed by atoms with E-state index in [0.29, 0.717) is 36.5 Å². The molecule has 8 nitrogen and oxygen atoms in total. The van der Waals surface area contributed by atoms with E-state index in [2.05, 4.69) is 19.8 Å². The number of nitrogens with zero attached hydrogens (tertiary/aromatic N) is 1. The van der Waals surface area contributed by atoms with Gasteiger partial charge in [-0.25, -0.2) is 18.1 Å². The summed E-state index contributed by atoms with van der Waals surface area (Å²) in [4.78, 5) is 27.9. The van der Waals surface area contributed by atoms with Crippen molar-refractivity contribution in [2.75, 3.05) is 12.4 Å². The van der Waals surface area contributed by atoms with E-state index in [0.717, 1.165) is 0 Å². The summed E-state index contributed by atoms with van der Waals surface area (Å²) >= 11 is 1.26. The minimum Gasteiger partial charge on any atom is -0.469 e. The molecule has 1 aromatic rings. The first kappa shape index (κ1) is 21.8. The highest BCUT2D eigenvalue weighted by Crippen LogP contribution is 2.28. The van der Waals surface area contributed by atoms with Gasteiger partial charge in [0.15, 0.2) is 5.13 Å². The third-order valence-corrected chi connectivity index (χ3v) is 7.62. The van der Waals surface area contributed by atoms with E-state index < -0.39 is 14.8 Å². The fourth-order valence-electron chi connectivity index (χ4n) is 2.74. The highest BCUT2D eigenvalue weighted by Gasteiger charge is 2.34. The number of sulfonamides is 1. The minimum atomic E-state index is -3.39. The van der Waals surface area contributed by atoms with Crippen molar-refractivity contribution >= 4 is 38.4 Å². The third-order valence-electron chi connectivity index (χ3n) is 4.56. The molecule has 1 fully saturated rings. The summed E-state index contributed by atoms with van der Waals surface area (Å²) in [6.45, 7) is 4.99. The van der Waals surface area contributed by atoms with Crippen LogP contribution in [0.1, 0.15) is 52.1 Å². The maximum atomic E-state index is 12.4. The van der Waals surface area contributed by atoms with Crippen LogP contribution >= 0.6 is 11.3 Å². The van der Waals surface area contributed by atoms with Crippen molar-refractivity contribution in [1.29, 1.82) is 0 Å². The fourth-order valence-corrected chi connectivity index (χ4v) is 4.48. The molecule has 0 aromatic carbocycles. The summed E-state index contributed by atoms with van der Waals surface area (Å²) in [6.07, 6.45) is 2.55. The highest BCUT2D eigenvalue weighted by atomic mass is 32.2. The van der Waals surface area contributed by atoms with Gasteiger partial charge in [0.05, 0.1) is 24.0 Å². The quantitative estimate of drug-likeness (QED) is 0.685. The average molecular weight is 418 g/mol. The first-order valence-corrected chi connectivity index (χ1v) is 11.2. The molecule has 1 aromatic heterocycles. The molecule has 1 aliphatic carbocycles. The molecule has 1 saturated carbocycles. The molecule has 1 aliphatic rings. The van der Waals surface area contributed by atoms with Crippen molar-refractivity contribution in [2.24, 2.45) is 5.92 Å². The molecular formula is C17H27N3O5S2. The Morgan fingerprint density at radius 3 is 2.44 bits per heavy atom. The number of anilines is 1. The number of ether oxygens (including phenoxy) is 1. The summed E-state index contributed by atoms with van der Waals surface area (Å²) in [6, 6.07) is -0.134. The lowest BCUT2D eigenvalue weighted by atomic mass is 9.86. The summed E-state index contributed by atoms with van der Waals surface area (Å²) in [5.74, 6) is -0.673. The van der Waals surface area contributed by atoms with Gasteiger partial charge in [0.1, 0.15) is 0 Å². The fraction of sp³-hybridized carbons (Fsp3) is 0.706. The molecule has 1 heterocycles. The van der Waals surface area contributed by atoms with Gasteiger partial charge in [0.25, 0.3) is 0 Å². The summed E-state index contributed by atoms with van der Waals surface area (Å²) in [5, 5.41) is 4.95. The monoisotopic (exact) mass is 417 g/mol. The van der Waals surface area contributed by atoms with Gasteiger partial charge in [-0.05, 0) is 46.5 Å². The standard InChI is InChI=1S/C17H27N3O5S2/c1-17(2,3)27(23,24)20-12-7-5-11(6-8-12)15(22)19-16-18-13(10-26-16)9-14(21)25-4/h10-12,20H,5-9H2,1-4H3,(H,18,19,22)/t11-,12-. The van der Waals surface area contributed by atoms with Crippen molar-refractivity contribution < 1.29 is 22.7 Å². The Balaban J connectivity index is 1.84. The predicted octanol–water partition coefficient (Wildman–Crippen LogP) is 2.07. The van der Waals surface area contributed by atoms with E-state index in [4.69, 9.17) is 0 Å². The maximum absolute atomic E-state index is 12.4. The van der Waals surface area contributed by atoms with E-state index in [-0.39, 0.29) is 30.3 Å². The van der Waals surface area contributed by atoms with Crippen LogP contribution in [-0.4, -0.2) is 43.2 Å². The lowest BCUT2D eigenvalue weighted by Crippen LogP contribution is -2.46. The van der Waals surface area contributed by atoms with Crippen LogP contribution in [0.4, 0.5) is 5.13 Å². The SMILES string of the molecule is COC(=O)Cc1csc(NC(=O)[C@H]2CC[C@H](NS(=O)(=O)C(C)(C)C)CC2)n1. The van der Waals surface area contributed by atoms with Gasteiger partial charge in [-0.1, -0.05) is 0 Å².